The number of rotatable bonds is 7. The standard InChI is InChI=1S/C25H24F6N2O4/c1-15(26)14-37-16-6-7-18(20(12-16)25(29,30)31)23(36)33-10-8-24(27,28)19(13-22(35)32-9-11-34)17-4-2-3-5-21(17)33/h2-7,12-13,15,34H,8-11,14H2,1H3,(H,32,35)/b19-13-/t15-/m1/s1. The van der Waals surface area contributed by atoms with Crippen molar-refractivity contribution in [3.8, 4) is 5.75 Å². The van der Waals surface area contributed by atoms with Gasteiger partial charge < -0.3 is 20.1 Å². The van der Waals surface area contributed by atoms with Crippen LogP contribution in [0.25, 0.3) is 5.57 Å². The highest BCUT2D eigenvalue weighted by Crippen LogP contribution is 2.44. The highest BCUT2D eigenvalue weighted by atomic mass is 19.4. The van der Waals surface area contributed by atoms with Crippen LogP contribution in [0.5, 0.6) is 5.75 Å². The summed E-state index contributed by atoms with van der Waals surface area (Å²) >= 11 is 0. The first kappa shape index (κ1) is 28.0. The summed E-state index contributed by atoms with van der Waals surface area (Å²) in [6.45, 7) is -0.575. The minimum atomic E-state index is -5.00. The number of ether oxygens (including phenoxy) is 1. The van der Waals surface area contributed by atoms with E-state index in [9.17, 15) is 27.2 Å². The summed E-state index contributed by atoms with van der Waals surface area (Å²) in [4.78, 5) is 26.3. The Morgan fingerprint density at radius 2 is 1.92 bits per heavy atom. The second-order valence-electron chi connectivity index (χ2n) is 8.30. The Balaban J connectivity index is 2.08. The van der Waals surface area contributed by atoms with Crippen LogP contribution in [0.3, 0.4) is 0 Å². The summed E-state index contributed by atoms with van der Waals surface area (Å²) in [7, 11) is 0. The van der Waals surface area contributed by atoms with Crippen LogP contribution >= 0.6 is 0 Å². The van der Waals surface area contributed by atoms with Gasteiger partial charge in [-0.2, -0.15) is 13.2 Å². The van der Waals surface area contributed by atoms with Crippen molar-refractivity contribution in [2.45, 2.75) is 31.6 Å². The zero-order valence-electron chi connectivity index (χ0n) is 19.6. The second-order valence-corrected chi connectivity index (χ2v) is 8.30. The van der Waals surface area contributed by atoms with Gasteiger partial charge in [0, 0.05) is 36.7 Å². The molecule has 1 heterocycles. The van der Waals surface area contributed by atoms with Gasteiger partial charge in [-0.15, -0.1) is 0 Å². The lowest BCUT2D eigenvalue weighted by Gasteiger charge is -2.24. The third kappa shape index (κ3) is 6.62. The Kier molecular flexibility index (Phi) is 8.52. The molecule has 1 aliphatic rings. The highest BCUT2D eigenvalue weighted by molar-refractivity contribution is 6.10. The summed E-state index contributed by atoms with van der Waals surface area (Å²) in [6.07, 6.45) is -6.76. The van der Waals surface area contributed by atoms with Gasteiger partial charge in [0.15, 0.2) is 0 Å². The van der Waals surface area contributed by atoms with Crippen molar-refractivity contribution in [1.82, 2.24) is 5.32 Å². The third-order valence-corrected chi connectivity index (χ3v) is 5.47. The maximum absolute atomic E-state index is 15.1. The van der Waals surface area contributed by atoms with E-state index in [1.54, 1.807) is 0 Å². The van der Waals surface area contributed by atoms with Gasteiger partial charge in [0.1, 0.15) is 18.5 Å². The lowest BCUT2D eigenvalue weighted by Crippen LogP contribution is -2.34. The Morgan fingerprint density at radius 3 is 2.57 bits per heavy atom. The summed E-state index contributed by atoms with van der Waals surface area (Å²) < 4.78 is 90.0. The van der Waals surface area contributed by atoms with E-state index in [0.717, 1.165) is 24.0 Å². The van der Waals surface area contributed by atoms with Gasteiger partial charge in [-0.1, -0.05) is 18.2 Å². The predicted molar refractivity (Wildman–Crippen MR) is 123 cm³/mol. The molecule has 200 valence electrons. The second kappa shape index (κ2) is 11.2. The minimum absolute atomic E-state index is 0.106. The van der Waals surface area contributed by atoms with Crippen LogP contribution in [0, 0.1) is 0 Å². The smallest absolute Gasteiger partial charge is 0.417 e. The maximum Gasteiger partial charge on any atom is 0.417 e. The predicted octanol–water partition coefficient (Wildman–Crippen LogP) is 4.62. The fraction of sp³-hybridized carbons (Fsp3) is 0.360. The molecule has 0 aliphatic carbocycles. The van der Waals surface area contributed by atoms with Gasteiger partial charge in [-0.3, -0.25) is 9.59 Å². The first-order valence-corrected chi connectivity index (χ1v) is 11.2. The molecule has 0 saturated heterocycles. The molecular weight excluding hydrogens is 506 g/mol. The topological polar surface area (TPSA) is 78.9 Å². The number of fused-ring (bicyclic) bond motifs is 1. The molecule has 3 rings (SSSR count). The Hall–Kier alpha value is -3.54. The number of anilines is 1. The SMILES string of the molecule is C[C@@H](F)COc1ccc(C(=O)N2CCC(F)(F)/C(=C\C(=O)NCCO)c3ccccc32)c(C(F)(F)F)c1. The molecule has 1 aliphatic heterocycles. The molecule has 2 aromatic rings. The first-order valence-electron chi connectivity index (χ1n) is 11.2. The summed E-state index contributed by atoms with van der Waals surface area (Å²) in [6, 6.07) is 7.83. The average Bonchev–Trinajstić information content (AvgIpc) is 2.94. The van der Waals surface area contributed by atoms with Crippen LogP contribution in [-0.4, -0.2) is 55.3 Å². The molecule has 37 heavy (non-hydrogen) atoms. The van der Waals surface area contributed by atoms with Crippen molar-refractivity contribution in [2.75, 3.05) is 31.2 Å². The van der Waals surface area contributed by atoms with E-state index in [0.29, 0.717) is 12.1 Å². The van der Waals surface area contributed by atoms with Gasteiger partial charge in [0.2, 0.25) is 5.91 Å². The third-order valence-electron chi connectivity index (χ3n) is 5.47. The fourth-order valence-corrected chi connectivity index (χ4v) is 3.79. The number of para-hydroxylation sites is 1. The summed E-state index contributed by atoms with van der Waals surface area (Å²) in [5.41, 5.74) is -3.20. The number of hydrogen-bond donors (Lipinski definition) is 2. The quantitative estimate of drug-likeness (QED) is 0.405. The van der Waals surface area contributed by atoms with E-state index < -0.39 is 73.0 Å². The Bertz CT molecular complexity index is 1180. The lowest BCUT2D eigenvalue weighted by atomic mass is 9.97. The monoisotopic (exact) mass is 530 g/mol. The van der Waals surface area contributed by atoms with Gasteiger partial charge in [0.25, 0.3) is 11.8 Å². The van der Waals surface area contributed by atoms with E-state index in [-0.39, 0.29) is 23.5 Å². The highest BCUT2D eigenvalue weighted by Gasteiger charge is 2.43. The molecule has 2 amide bonds. The molecule has 2 N–H and O–H groups in total. The number of alkyl halides is 6. The molecule has 0 spiro atoms. The van der Waals surface area contributed by atoms with Gasteiger partial charge in [0.05, 0.1) is 23.4 Å². The molecule has 2 aromatic carbocycles. The lowest BCUT2D eigenvalue weighted by molar-refractivity contribution is -0.138. The van der Waals surface area contributed by atoms with E-state index in [4.69, 9.17) is 9.84 Å². The number of aliphatic hydroxyl groups excluding tert-OH is 1. The number of nitrogens with one attached hydrogen (secondary N) is 1. The van der Waals surface area contributed by atoms with Crippen LogP contribution in [0.2, 0.25) is 0 Å². The Morgan fingerprint density at radius 1 is 1.22 bits per heavy atom. The van der Waals surface area contributed by atoms with Crippen LogP contribution in [0.1, 0.15) is 34.8 Å². The number of carbonyl (C=O) groups is 2. The van der Waals surface area contributed by atoms with Crippen LogP contribution in [0.15, 0.2) is 48.5 Å². The van der Waals surface area contributed by atoms with Crippen LogP contribution in [0.4, 0.5) is 32.0 Å². The molecule has 0 aromatic heterocycles. The number of carbonyl (C=O) groups excluding carboxylic acids is 2. The zero-order valence-corrected chi connectivity index (χ0v) is 19.6. The number of benzene rings is 2. The number of aliphatic hydroxyl groups is 1. The van der Waals surface area contributed by atoms with E-state index in [1.165, 1.54) is 24.3 Å². The summed E-state index contributed by atoms with van der Waals surface area (Å²) in [5, 5.41) is 11.1. The molecular formula is C25H24F6N2O4. The van der Waals surface area contributed by atoms with Gasteiger partial charge >= 0.3 is 6.18 Å². The normalized spacial score (nSPS) is 17.1. The van der Waals surface area contributed by atoms with Crippen molar-refractivity contribution in [3.05, 3.63) is 65.2 Å². The van der Waals surface area contributed by atoms with E-state index >= 15 is 8.78 Å². The number of allylic oxidation sites excluding steroid dienone is 1. The molecule has 12 heteroatoms. The number of nitrogens with zero attached hydrogens (tertiary/aromatic N) is 1. The fourth-order valence-electron chi connectivity index (χ4n) is 3.79. The maximum atomic E-state index is 15.1. The first-order chi connectivity index (χ1) is 17.3. The van der Waals surface area contributed by atoms with E-state index in [2.05, 4.69) is 5.32 Å². The van der Waals surface area contributed by atoms with Crippen molar-refractivity contribution < 1.29 is 45.8 Å². The summed E-state index contributed by atoms with van der Waals surface area (Å²) in [5.74, 6) is -6.01. The Labute approximate surface area is 208 Å². The number of amides is 2. The van der Waals surface area contributed by atoms with E-state index in [1.807, 2.05) is 0 Å². The molecule has 0 radical (unpaired) electrons. The number of halogens is 6. The van der Waals surface area contributed by atoms with Crippen molar-refractivity contribution in [3.63, 3.8) is 0 Å². The minimum Gasteiger partial charge on any atom is -0.491 e. The molecule has 0 saturated carbocycles. The van der Waals surface area contributed by atoms with Gasteiger partial charge in [-0.25, -0.2) is 13.2 Å². The number of hydrogen-bond acceptors (Lipinski definition) is 4. The van der Waals surface area contributed by atoms with Crippen LogP contribution < -0.4 is 15.0 Å². The molecule has 1 atom stereocenters. The van der Waals surface area contributed by atoms with Crippen molar-refractivity contribution in [2.24, 2.45) is 0 Å². The molecule has 0 unspecified atom stereocenters. The molecule has 0 fully saturated rings. The van der Waals surface area contributed by atoms with Gasteiger partial charge in [-0.05, 0) is 31.2 Å². The molecule has 6 nitrogen and oxygen atoms in total. The molecule has 0 bridgehead atoms. The van der Waals surface area contributed by atoms with Crippen molar-refractivity contribution in [1.29, 1.82) is 0 Å². The zero-order chi connectivity index (χ0) is 27.4. The van der Waals surface area contributed by atoms with Crippen molar-refractivity contribution >= 4 is 23.1 Å². The largest absolute Gasteiger partial charge is 0.491 e. The average molecular weight is 530 g/mol. The van der Waals surface area contributed by atoms with Crippen LogP contribution in [-0.2, 0) is 11.0 Å².